The van der Waals surface area contributed by atoms with Gasteiger partial charge in [-0.1, -0.05) is 18.5 Å². The standard InChI is InChI=1S/C10H13BrClN3/c1-7-3-2-4-15(6-7)10-13-5-8(11)9(12)14-10/h5,7H,2-4,6H2,1H3. The van der Waals surface area contributed by atoms with Gasteiger partial charge in [0, 0.05) is 19.3 Å². The minimum atomic E-state index is 0.484. The van der Waals surface area contributed by atoms with Gasteiger partial charge in [0.1, 0.15) is 5.15 Å². The second-order valence-corrected chi connectivity index (χ2v) is 5.21. The Balaban J connectivity index is 2.18. The van der Waals surface area contributed by atoms with Crippen LogP contribution in [0.3, 0.4) is 0 Å². The summed E-state index contributed by atoms with van der Waals surface area (Å²) in [5, 5.41) is 0.484. The molecule has 1 fully saturated rings. The maximum Gasteiger partial charge on any atom is 0.226 e. The molecular weight excluding hydrogens is 277 g/mol. The summed E-state index contributed by atoms with van der Waals surface area (Å²) in [6.45, 7) is 4.31. The normalized spacial score (nSPS) is 21.8. The molecule has 1 aromatic rings. The number of anilines is 1. The van der Waals surface area contributed by atoms with E-state index < -0.39 is 0 Å². The number of piperidine rings is 1. The van der Waals surface area contributed by atoms with Crippen LogP contribution in [0.5, 0.6) is 0 Å². The Kier molecular flexibility index (Phi) is 3.46. The molecule has 82 valence electrons. The van der Waals surface area contributed by atoms with Gasteiger partial charge in [-0.05, 0) is 34.7 Å². The molecule has 3 nitrogen and oxygen atoms in total. The van der Waals surface area contributed by atoms with Crippen molar-refractivity contribution in [3.63, 3.8) is 0 Å². The Hall–Kier alpha value is -0.350. The minimum Gasteiger partial charge on any atom is -0.341 e. The van der Waals surface area contributed by atoms with Crippen molar-refractivity contribution in [1.82, 2.24) is 9.97 Å². The lowest BCUT2D eigenvalue weighted by Crippen LogP contribution is -2.35. The first-order valence-electron chi connectivity index (χ1n) is 5.10. The van der Waals surface area contributed by atoms with Gasteiger partial charge in [0.05, 0.1) is 4.47 Å². The maximum atomic E-state index is 5.94. The Morgan fingerprint density at radius 3 is 3.07 bits per heavy atom. The molecule has 1 saturated heterocycles. The first-order chi connectivity index (χ1) is 7.16. The van der Waals surface area contributed by atoms with Crippen LogP contribution in [0.4, 0.5) is 5.95 Å². The molecular formula is C10H13BrClN3. The first kappa shape index (κ1) is 11.1. The molecule has 15 heavy (non-hydrogen) atoms. The highest BCUT2D eigenvalue weighted by Gasteiger charge is 2.18. The van der Waals surface area contributed by atoms with Gasteiger partial charge in [-0.15, -0.1) is 0 Å². The van der Waals surface area contributed by atoms with Crippen LogP contribution in [0.2, 0.25) is 5.15 Å². The largest absolute Gasteiger partial charge is 0.341 e. The van der Waals surface area contributed by atoms with E-state index in [1.54, 1.807) is 6.20 Å². The predicted octanol–water partition coefficient (Wildman–Crippen LogP) is 3.13. The van der Waals surface area contributed by atoms with Gasteiger partial charge in [0.25, 0.3) is 0 Å². The highest BCUT2D eigenvalue weighted by Crippen LogP contribution is 2.24. The number of aromatic nitrogens is 2. The SMILES string of the molecule is CC1CCCN(c2ncc(Br)c(Cl)n2)C1. The smallest absolute Gasteiger partial charge is 0.226 e. The minimum absolute atomic E-state index is 0.484. The number of halogens is 2. The number of rotatable bonds is 1. The van der Waals surface area contributed by atoms with Crippen LogP contribution in [0.25, 0.3) is 0 Å². The lowest BCUT2D eigenvalue weighted by molar-refractivity contribution is 0.442. The lowest BCUT2D eigenvalue weighted by Gasteiger charge is -2.30. The first-order valence-corrected chi connectivity index (χ1v) is 6.27. The van der Waals surface area contributed by atoms with Gasteiger partial charge in [-0.25, -0.2) is 4.98 Å². The monoisotopic (exact) mass is 289 g/mol. The number of hydrogen-bond acceptors (Lipinski definition) is 3. The second-order valence-electron chi connectivity index (χ2n) is 4.00. The van der Waals surface area contributed by atoms with Crippen LogP contribution in [0.15, 0.2) is 10.7 Å². The highest BCUT2D eigenvalue weighted by molar-refractivity contribution is 9.10. The molecule has 0 bridgehead atoms. The third kappa shape index (κ3) is 2.61. The molecule has 2 heterocycles. The molecule has 1 aliphatic rings. The van der Waals surface area contributed by atoms with E-state index in [4.69, 9.17) is 11.6 Å². The quantitative estimate of drug-likeness (QED) is 0.744. The van der Waals surface area contributed by atoms with Crippen molar-refractivity contribution in [2.24, 2.45) is 5.92 Å². The van der Waals surface area contributed by atoms with Gasteiger partial charge in [0.2, 0.25) is 5.95 Å². The van der Waals surface area contributed by atoms with Crippen molar-refractivity contribution in [2.75, 3.05) is 18.0 Å². The van der Waals surface area contributed by atoms with Gasteiger partial charge >= 0.3 is 0 Å². The molecule has 1 atom stereocenters. The third-order valence-electron chi connectivity index (χ3n) is 2.63. The molecule has 0 saturated carbocycles. The second kappa shape index (κ2) is 4.66. The van der Waals surface area contributed by atoms with Crippen LogP contribution in [0, 0.1) is 5.92 Å². The Morgan fingerprint density at radius 1 is 1.60 bits per heavy atom. The summed E-state index contributed by atoms with van der Waals surface area (Å²) in [6, 6.07) is 0. The molecule has 1 aliphatic heterocycles. The fourth-order valence-electron chi connectivity index (χ4n) is 1.86. The summed E-state index contributed by atoms with van der Waals surface area (Å²) >= 11 is 9.23. The molecule has 2 rings (SSSR count). The summed E-state index contributed by atoms with van der Waals surface area (Å²) in [7, 11) is 0. The third-order valence-corrected chi connectivity index (χ3v) is 3.73. The zero-order valence-electron chi connectivity index (χ0n) is 8.58. The molecule has 0 aromatic carbocycles. The Morgan fingerprint density at radius 2 is 2.40 bits per heavy atom. The van der Waals surface area contributed by atoms with E-state index in [0.717, 1.165) is 23.5 Å². The summed E-state index contributed by atoms with van der Waals surface area (Å²) < 4.78 is 0.748. The summed E-state index contributed by atoms with van der Waals surface area (Å²) in [5.41, 5.74) is 0. The van der Waals surface area contributed by atoms with Gasteiger partial charge < -0.3 is 4.90 Å². The fraction of sp³-hybridized carbons (Fsp3) is 0.600. The topological polar surface area (TPSA) is 29.0 Å². The number of hydrogen-bond donors (Lipinski definition) is 0. The zero-order valence-corrected chi connectivity index (χ0v) is 10.9. The summed E-state index contributed by atoms with van der Waals surface area (Å²) in [6.07, 6.45) is 4.21. The van der Waals surface area contributed by atoms with Crippen LogP contribution in [-0.2, 0) is 0 Å². The van der Waals surface area contributed by atoms with Gasteiger partial charge in [-0.3, -0.25) is 0 Å². The molecule has 1 unspecified atom stereocenters. The van der Waals surface area contributed by atoms with Crippen LogP contribution in [0.1, 0.15) is 19.8 Å². The van der Waals surface area contributed by atoms with E-state index in [9.17, 15) is 0 Å². The molecule has 1 aromatic heterocycles. The van der Waals surface area contributed by atoms with E-state index in [1.165, 1.54) is 12.8 Å². The van der Waals surface area contributed by atoms with Crippen LogP contribution >= 0.6 is 27.5 Å². The molecule has 0 aliphatic carbocycles. The number of nitrogens with zero attached hydrogens (tertiary/aromatic N) is 3. The zero-order chi connectivity index (χ0) is 10.8. The van der Waals surface area contributed by atoms with Crippen molar-refractivity contribution >= 4 is 33.5 Å². The summed E-state index contributed by atoms with van der Waals surface area (Å²) in [5.74, 6) is 1.46. The van der Waals surface area contributed by atoms with Crippen molar-refractivity contribution in [1.29, 1.82) is 0 Å². The molecule has 0 spiro atoms. The van der Waals surface area contributed by atoms with E-state index in [-0.39, 0.29) is 0 Å². The molecule has 0 N–H and O–H groups in total. The maximum absolute atomic E-state index is 5.94. The molecule has 0 radical (unpaired) electrons. The van der Waals surface area contributed by atoms with Crippen molar-refractivity contribution in [3.8, 4) is 0 Å². The van der Waals surface area contributed by atoms with Crippen LogP contribution < -0.4 is 4.90 Å². The van der Waals surface area contributed by atoms with Crippen molar-refractivity contribution in [3.05, 3.63) is 15.8 Å². The predicted molar refractivity (Wildman–Crippen MR) is 65.4 cm³/mol. The summed E-state index contributed by atoms with van der Waals surface area (Å²) in [4.78, 5) is 10.7. The average molecular weight is 291 g/mol. The molecule has 5 heteroatoms. The van der Waals surface area contributed by atoms with Gasteiger partial charge in [0.15, 0.2) is 0 Å². The Bertz CT molecular complexity index is 359. The lowest BCUT2D eigenvalue weighted by atomic mass is 10.0. The van der Waals surface area contributed by atoms with Crippen LogP contribution in [-0.4, -0.2) is 23.1 Å². The molecule has 0 amide bonds. The Labute approximate surface area is 103 Å². The van der Waals surface area contributed by atoms with Crippen molar-refractivity contribution < 1.29 is 0 Å². The van der Waals surface area contributed by atoms with Crippen molar-refractivity contribution in [2.45, 2.75) is 19.8 Å². The van der Waals surface area contributed by atoms with E-state index in [0.29, 0.717) is 11.1 Å². The fourth-order valence-corrected chi connectivity index (χ4v) is 2.18. The van der Waals surface area contributed by atoms with E-state index in [2.05, 4.69) is 37.7 Å². The van der Waals surface area contributed by atoms with E-state index >= 15 is 0 Å². The van der Waals surface area contributed by atoms with Gasteiger partial charge in [-0.2, -0.15) is 4.98 Å². The average Bonchev–Trinajstić information content (AvgIpc) is 2.22. The highest BCUT2D eigenvalue weighted by atomic mass is 79.9. The van der Waals surface area contributed by atoms with E-state index in [1.807, 2.05) is 0 Å².